The summed E-state index contributed by atoms with van der Waals surface area (Å²) in [6.07, 6.45) is 4.21. The van der Waals surface area contributed by atoms with E-state index < -0.39 is 28.5 Å². The molecule has 1 aliphatic rings. The molecule has 4 rings (SSSR count). The van der Waals surface area contributed by atoms with E-state index in [2.05, 4.69) is 5.32 Å². The van der Waals surface area contributed by atoms with E-state index >= 15 is 0 Å². The first kappa shape index (κ1) is 32.6. The van der Waals surface area contributed by atoms with Gasteiger partial charge in [-0.15, -0.1) is 0 Å². The average Bonchev–Trinajstić information content (AvgIpc) is 3.51. The minimum atomic E-state index is -4.16. The van der Waals surface area contributed by atoms with Crippen LogP contribution in [0, 0.1) is 0 Å². The van der Waals surface area contributed by atoms with Gasteiger partial charge in [-0.05, 0) is 80.3 Å². The molecule has 1 unspecified atom stereocenters. The highest BCUT2D eigenvalue weighted by Gasteiger charge is 2.34. The van der Waals surface area contributed by atoms with Crippen LogP contribution < -0.4 is 14.4 Å². The lowest BCUT2D eigenvalue weighted by atomic mass is 10.1. The summed E-state index contributed by atoms with van der Waals surface area (Å²) in [5.74, 6) is -0.222. The Morgan fingerprint density at radius 2 is 1.63 bits per heavy atom. The van der Waals surface area contributed by atoms with Gasteiger partial charge in [0.1, 0.15) is 18.3 Å². The number of nitrogens with one attached hydrogen (secondary N) is 1. The number of nitrogens with zero attached hydrogens (tertiary/aromatic N) is 2. The number of ether oxygens (including phenoxy) is 1. The molecule has 1 fully saturated rings. The smallest absolute Gasteiger partial charge is 0.264 e. The van der Waals surface area contributed by atoms with Crippen molar-refractivity contribution in [2.45, 2.75) is 69.5 Å². The first-order valence-electron chi connectivity index (χ1n) is 14.5. The third-order valence-electron chi connectivity index (χ3n) is 7.47. The third kappa shape index (κ3) is 8.22. The molecule has 0 aliphatic heterocycles. The molecule has 0 bridgehead atoms. The van der Waals surface area contributed by atoms with Gasteiger partial charge >= 0.3 is 0 Å². The lowest BCUT2D eigenvalue weighted by Gasteiger charge is -2.34. The van der Waals surface area contributed by atoms with Gasteiger partial charge in [-0.3, -0.25) is 13.9 Å². The van der Waals surface area contributed by atoms with Crippen LogP contribution in [0.3, 0.4) is 0 Å². The molecule has 2 amide bonds. The molecule has 0 saturated heterocycles. The largest absolute Gasteiger partial charge is 0.494 e. The molecule has 43 heavy (non-hydrogen) atoms. The van der Waals surface area contributed by atoms with Crippen molar-refractivity contribution >= 4 is 50.7 Å². The van der Waals surface area contributed by atoms with Crippen molar-refractivity contribution in [1.82, 2.24) is 10.2 Å². The molecule has 1 N–H and O–H groups in total. The highest BCUT2D eigenvalue weighted by Crippen LogP contribution is 2.28. The van der Waals surface area contributed by atoms with Gasteiger partial charge in [0.15, 0.2) is 0 Å². The number of sulfonamides is 1. The molecule has 3 aromatic rings. The minimum Gasteiger partial charge on any atom is -0.494 e. The van der Waals surface area contributed by atoms with E-state index in [4.69, 9.17) is 27.9 Å². The molecular formula is C32H37Cl2N3O5S. The van der Waals surface area contributed by atoms with Gasteiger partial charge in [-0.25, -0.2) is 8.42 Å². The van der Waals surface area contributed by atoms with Crippen LogP contribution in [0.25, 0.3) is 0 Å². The van der Waals surface area contributed by atoms with Crippen molar-refractivity contribution in [3.63, 3.8) is 0 Å². The van der Waals surface area contributed by atoms with Gasteiger partial charge in [0.2, 0.25) is 11.8 Å². The van der Waals surface area contributed by atoms with Gasteiger partial charge in [0, 0.05) is 12.6 Å². The summed E-state index contributed by atoms with van der Waals surface area (Å²) in [4.78, 5) is 29.3. The molecule has 230 valence electrons. The Balaban J connectivity index is 1.71. The second kappa shape index (κ2) is 14.9. The lowest BCUT2D eigenvalue weighted by Crippen LogP contribution is -2.53. The van der Waals surface area contributed by atoms with Crippen LogP contribution in [-0.2, 0) is 26.2 Å². The normalized spacial score (nSPS) is 14.2. The quantitative estimate of drug-likeness (QED) is 0.230. The Morgan fingerprint density at radius 3 is 2.23 bits per heavy atom. The number of amides is 2. The molecule has 3 aromatic carbocycles. The second-order valence-corrected chi connectivity index (χ2v) is 13.1. The Hall–Kier alpha value is -3.27. The summed E-state index contributed by atoms with van der Waals surface area (Å²) in [6, 6.07) is 18.7. The van der Waals surface area contributed by atoms with E-state index in [1.54, 1.807) is 60.7 Å². The predicted octanol–water partition coefficient (Wildman–Crippen LogP) is 6.45. The fourth-order valence-electron chi connectivity index (χ4n) is 5.25. The van der Waals surface area contributed by atoms with Crippen LogP contribution in [-0.4, -0.2) is 50.4 Å². The number of carbonyl (C=O) groups is 2. The van der Waals surface area contributed by atoms with E-state index in [0.717, 1.165) is 30.0 Å². The van der Waals surface area contributed by atoms with Crippen LogP contribution in [0.4, 0.5) is 5.69 Å². The number of anilines is 1. The highest BCUT2D eigenvalue weighted by molar-refractivity contribution is 7.92. The number of carbonyl (C=O) groups excluding carboxylic acids is 2. The topological polar surface area (TPSA) is 96.0 Å². The van der Waals surface area contributed by atoms with Crippen LogP contribution >= 0.6 is 23.2 Å². The van der Waals surface area contributed by atoms with Crippen LogP contribution in [0.5, 0.6) is 5.75 Å². The molecule has 8 nitrogen and oxygen atoms in total. The van der Waals surface area contributed by atoms with Crippen molar-refractivity contribution < 1.29 is 22.7 Å². The number of hydrogen-bond donors (Lipinski definition) is 1. The van der Waals surface area contributed by atoms with Crippen molar-refractivity contribution in [2.24, 2.45) is 0 Å². The molecule has 1 saturated carbocycles. The van der Waals surface area contributed by atoms with Crippen LogP contribution in [0.15, 0.2) is 77.7 Å². The summed E-state index contributed by atoms with van der Waals surface area (Å²) >= 11 is 12.4. The second-order valence-electron chi connectivity index (χ2n) is 10.4. The first-order valence-corrected chi connectivity index (χ1v) is 16.7. The monoisotopic (exact) mass is 645 g/mol. The van der Waals surface area contributed by atoms with E-state index in [1.165, 1.54) is 17.0 Å². The number of hydrogen-bond acceptors (Lipinski definition) is 5. The van der Waals surface area contributed by atoms with E-state index in [-0.39, 0.29) is 23.4 Å². The number of rotatable bonds is 13. The molecule has 0 aromatic heterocycles. The highest BCUT2D eigenvalue weighted by atomic mass is 35.5. The summed E-state index contributed by atoms with van der Waals surface area (Å²) < 4.78 is 34.5. The molecular weight excluding hydrogens is 609 g/mol. The average molecular weight is 647 g/mol. The van der Waals surface area contributed by atoms with Gasteiger partial charge in [0.05, 0.1) is 27.2 Å². The maximum absolute atomic E-state index is 14.2. The summed E-state index contributed by atoms with van der Waals surface area (Å²) in [5, 5.41) is 3.79. The summed E-state index contributed by atoms with van der Waals surface area (Å²) in [5.41, 5.74) is 0.951. The maximum atomic E-state index is 14.2. The molecule has 0 spiro atoms. The zero-order chi connectivity index (χ0) is 31.0. The van der Waals surface area contributed by atoms with Gasteiger partial charge < -0.3 is 15.0 Å². The minimum absolute atomic E-state index is 0.0365. The van der Waals surface area contributed by atoms with Crippen LogP contribution in [0.1, 0.15) is 51.5 Å². The fourth-order valence-corrected chi connectivity index (χ4v) is 7.00. The van der Waals surface area contributed by atoms with Crippen molar-refractivity contribution in [3.05, 3.63) is 88.4 Å². The van der Waals surface area contributed by atoms with Crippen molar-refractivity contribution in [1.29, 1.82) is 0 Å². The summed E-state index contributed by atoms with van der Waals surface area (Å²) in [6.45, 7) is 3.65. The van der Waals surface area contributed by atoms with E-state index in [1.807, 2.05) is 13.8 Å². The number of benzene rings is 3. The standard InChI is InChI=1S/C32H37Cl2N3O5S/c1-3-30(32(39)35-24-10-8-9-11-24)36(21-23-14-19-28(33)29(34)20-23)31(38)22-37(25-15-17-26(18-16-25)42-4-2)43(40,41)27-12-6-5-7-13-27/h5-7,12-20,24,30H,3-4,8-11,21-22H2,1-2H3,(H,35,39). The Labute approximate surface area is 264 Å². The molecule has 0 radical (unpaired) electrons. The SMILES string of the molecule is CCOc1ccc(N(CC(=O)N(Cc2ccc(Cl)c(Cl)c2)C(CC)C(=O)NC2CCCC2)S(=O)(=O)c2ccccc2)cc1. The molecule has 1 aliphatic carbocycles. The van der Waals surface area contributed by atoms with Crippen molar-refractivity contribution in [2.75, 3.05) is 17.5 Å². The van der Waals surface area contributed by atoms with E-state index in [9.17, 15) is 18.0 Å². The number of halogens is 2. The van der Waals surface area contributed by atoms with Gasteiger partial charge in [0.25, 0.3) is 10.0 Å². The Bertz CT molecular complexity index is 1500. The summed E-state index contributed by atoms with van der Waals surface area (Å²) in [7, 11) is -4.16. The van der Waals surface area contributed by atoms with E-state index in [0.29, 0.717) is 40.1 Å². The zero-order valence-electron chi connectivity index (χ0n) is 24.3. The lowest BCUT2D eigenvalue weighted by molar-refractivity contribution is -0.140. The Morgan fingerprint density at radius 1 is 0.953 bits per heavy atom. The molecule has 1 atom stereocenters. The van der Waals surface area contributed by atoms with Gasteiger partial charge in [-0.2, -0.15) is 0 Å². The van der Waals surface area contributed by atoms with Crippen LogP contribution in [0.2, 0.25) is 10.0 Å². The van der Waals surface area contributed by atoms with Crippen molar-refractivity contribution in [3.8, 4) is 5.75 Å². The fraction of sp³-hybridized carbons (Fsp3) is 0.375. The molecule has 11 heteroatoms. The van der Waals surface area contributed by atoms with Gasteiger partial charge in [-0.1, -0.05) is 67.2 Å². The maximum Gasteiger partial charge on any atom is 0.264 e. The Kier molecular flexibility index (Phi) is 11.3. The zero-order valence-corrected chi connectivity index (χ0v) is 26.7. The predicted molar refractivity (Wildman–Crippen MR) is 170 cm³/mol. The third-order valence-corrected chi connectivity index (χ3v) is 10.00. The first-order chi connectivity index (χ1) is 20.6. The molecule has 0 heterocycles.